The van der Waals surface area contributed by atoms with Crippen LogP contribution in [0.15, 0.2) is 29.8 Å². The molecule has 0 aliphatic carbocycles. The molecule has 1 atom stereocenters. The molecule has 4 rings (SSSR count). The number of amides is 1. The van der Waals surface area contributed by atoms with Crippen LogP contribution in [0.5, 0.6) is 0 Å². The van der Waals surface area contributed by atoms with Crippen molar-refractivity contribution in [2.75, 3.05) is 11.9 Å². The summed E-state index contributed by atoms with van der Waals surface area (Å²) in [5, 5.41) is 18.3. The van der Waals surface area contributed by atoms with Crippen molar-refractivity contribution in [3.8, 4) is 10.6 Å². The summed E-state index contributed by atoms with van der Waals surface area (Å²) in [7, 11) is 0. The highest BCUT2D eigenvalue weighted by Gasteiger charge is 2.18. The second kappa shape index (κ2) is 8.05. The molecule has 29 heavy (non-hydrogen) atoms. The molecule has 0 fully saturated rings. The number of benzene rings is 1. The fourth-order valence-electron chi connectivity index (χ4n) is 3.16. The number of carbonyl (C=O) groups is 1. The van der Waals surface area contributed by atoms with Crippen molar-refractivity contribution in [3.63, 3.8) is 0 Å². The van der Waals surface area contributed by atoms with Crippen molar-refractivity contribution in [1.29, 1.82) is 0 Å². The molecule has 3 aromatic rings. The lowest BCUT2D eigenvalue weighted by Gasteiger charge is -2.19. The summed E-state index contributed by atoms with van der Waals surface area (Å²) in [5.41, 5.74) is 15.1. The zero-order chi connectivity index (χ0) is 20.5. The Morgan fingerprint density at radius 1 is 1.34 bits per heavy atom. The van der Waals surface area contributed by atoms with Crippen LogP contribution in [0.2, 0.25) is 5.02 Å². The predicted octanol–water partition coefficient (Wildman–Crippen LogP) is 2.30. The monoisotopic (exact) mass is 430 g/mol. The van der Waals surface area contributed by atoms with E-state index in [1.807, 2.05) is 12.1 Å². The van der Waals surface area contributed by atoms with Crippen molar-refractivity contribution < 1.29 is 9.90 Å². The molecule has 2 aromatic heterocycles. The molecular weight excluding hydrogens is 412 g/mol. The summed E-state index contributed by atoms with van der Waals surface area (Å²) in [4.78, 5) is 21.2. The molecule has 10 heteroatoms. The number of hydrogen-bond donors (Lipinski definition) is 5. The fourth-order valence-corrected chi connectivity index (χ4v) is 4.33. The lowest BCUT2D eigenvalue weighted by Crippen LogP contribution is -2.23. The van der Waals surface area contributed by atoms with Gasteiger partial charge in [0, 0.05) is 18.3 Å². The van der Waals surface area contributed by atoms with E-state index in [1.165, 1.54) is 28.7 Å². The van der Waals surface area contributed by atoms with Crippen molar-refractivity contribution in [2.24, 2.45) is 11.5 Å². The number of aliphatic hydroxyl groups excluding tert-OH is 1. The van der Waals surface area contributed by atoms with Crippen molar-refractivity contribution in [3.05, 3.63) is 57.1 Å². The zero-order valence-corrected chi connectivity index (χ0v) is 16.8. The van der Waals surface area contributed by atoms with Gasteiger partial charge >= 0.3 is 0 Å². The lowest BCUT2D eigenvalue weighted by molar-refractivity contribution is 0.100. The number of nitrogens with two attached hydrogens (primary N) is 2. The number of anilines is 2. The molecule has 1 aromatic carbocycles. The van der Waals surface area contributed by atoms with E-state index in [0.717, 1.165) is 19.5 Å². The number of primary amides is 1. The molecule has 0 radical (unpaired) electrons. The van der Waals surface area contributed by atoms with Gasteiger partial charge in [-0.3, -0.25) is 4.79 Å². The number of hydrogen-bond acceptors (Lipinski definition) is 8. The molecule has 1 unspecified atom stereocenters. The largest absolute Gasteiger partial charge is 0.375 e. The van der Waals surface area contributed by atoms with Crippen LogP contribution < -0.4 is 22.1 Å². The smallest absolute Gasteiger partial charge is 0.252 e. The van der Waals surface area contributed by atoms with Gasteiger partial charge in [-0.2, -0.15) is 0 Å². The molecule has 150 valence electrons. The second-order valence-corrected chi connectivity index (χ2v) is 7.98. The fraction of sp³-hybridized carbons (Fsp3) is 0.211. The number of carbonyl (C=O) groups excluding carboxylic acids is 1. The topological polar surface area (TPSA) is 139 Å². The molecule has 3 heterocycles. The van der Waals surface area contributed by atoms with Crippen LogP contribution in [0.1, 0.15) is 33.3 Å². The molecule has 1 amide bonds. The van der Waals surface area contributed by atoms with Gasteiger partial charge in [0.1, 0.15) is 6.23 Å². The highest BCUT2D eigenvalue weighted by Crippen LogP contribution is 2.33. The van der Waals surface area contributed by atoms with E-state index in [-0.39, 0.29) is 11.5 Å². The standard InChI is InChI=1S/C19H19ClN6O2S/c20-13-3-10-6-23-2-1-9(10)4-14(13)25-19-24-7-12(18(22)28)16(26-19)15-5-11(8-29-15)17(21)27/h3-5,7-8,17,23,27H,1-2,6,21H2,(H2,22,28)(H,24,25,26). The third-order valence-electron chi connectivity index (χ3n) is 4.67. The van der Waals surface area contributed by atoms with Crippen LogP contribution in [0.3, 0.4) is 0 Å². The van der Waals surface area contributed by atoms with Crippen LogP contribution in [0.4, 0.5) is 11.6 Å². The first-order chi connectivity index (χ1) is 13.9. The number of nitrogens with zero attached hydrogens (tertiary/aromatic N) is 2. The number of aliphatic hydroxyl groups is 1. The molecule has 0 saturated heterocycles. The maximum Gasteiger partial charge on any atom is 0.252 e. The summed E-state index contributed by atoms with van der Waals surface area (Å²) in [6, 6.07) is 5.60. The quantitative estimate of drug-likeness (QED) is 0.391. The summed E-state index contributed by atoms with van der Waals surface area (Å²) >= 11 is 7.73. The first-order valence-corrected chi connectivity index (χ1v) is 10.2. The van der Waals surface area contributed by atoms with Gasteiger partial charge in [-0.05, 0) is 47.7 Å². The number of thiophene rings is 1. The Morgan fingerprint density at radius 3 is 2.90 bits per heavy atom. The third kappa shape index (κ3) is 4.09. The molecule has 7 N–H and O–H groups in total. The minimum Gasteiger partial charge on any atom is -0.375 e. The zero-order valence-electron chi connectivity index (χ0n) is 15.3. The molecule has 0 saturated carbocycles. The predicted molar refractivity (Wildman–Crippen MR) is 113 cm³/mol. The maximum absolute atomic E-state index is 11.8. The van der Waals surface area contributed by atoms with E-state index in [1.54, 1.807) is 11.4 Å². The first kappa shape index (κ1) is 19.7. The number of halogens is 1. The summed E-state index contributed by atoms with van der Waals surface area (Å²) in [6.45, 7) is 1.70. The molecule has 0 spiro atoms. The van der Waals surface area contributed by atoms with Crippen LogP contribution in [-0.2, 0) is 13.0 Å². The maximum atomic E-state index is 11.8. The SMILES string of the molecule is NC(=O)c1cnc(Nc2cc3c(cc2Cl)CNCC3)nc1-c1cc(C(N)O)cs1. The minimum absolute atomic E-state index is 0.179. The van der Waals surface area contributed by atoms with Gasteiger partial charge in [0.25, 0.3) is 5.91 Å². The van der Waals surface area contributed by atoms with Gasteiger partial charge in [0.2, 0.25) is 5.95 Å². The van der Waals surface area contributed by atoms with Crippen LogP contribution in [0.25, 0.3) is 10.6 Å². The molecular formula is C19H19ClN6O2S. The van der Waals surface area contributed by atoms with E-state index < -0.39 is 12.1 Å². The van der Waals surface area contributed by atoms with Gasteiger partial charge in [0.15, 0.2) is 0 Å². The van der Waals surface area contributed by atoms with Crippen molar-refractivity contribution >= 4 is 40.5 Å². The molecule has 1 aliphatic rings. The number of nitrogens with one attached hydrogen (secondary N) is 2. The number of fused-ring (bicyclic) bond motifs is 1. The molecule has 1 aliphatic heterocycles. The van der Waals surface area contributed by atoms with Crippen LogP contribution in [0, 0.1) is 0 Å². The average molecular weight is 431 g/mol. The summed E-state index contributed by atoms with van der Waals surface area (Å²) in [5.74, 6) is -0.363. The third-order valence-corrected chi connectivity index (χ3v) is 5.94. The molecule has 0 bridgehead atoms. The Balaban J connectivity index is 1.71. The van der Waals surface area contributed by atoms with E-state index in [9.17, 15) is 9.90 Å². The molecule has 8 nitrogen and oxygen atoms in total. The Hall–Kier alpha value is -2.56. The van der Waals surface area contributed by atoms with Gasteiger partial charge in [-0.15, -0.1) is 11.3 Å². The Morgan fingerprint density at radius 2 is 2.17 bits per heavy atom. The second-order valence-electron chi connectivity index (χ2n) is 6.66. The summed E-state index contributed by atoms with van der Waals surface area (Å²) < 4.78 is 0. The van der Waals surface area contributed by atoms with E-state index in [0.29, 0.717) is 26.8 Å². The van der Waals surface area contributed by atoms with Crippen molar-refractivity contribution in [1.82, 2.24) is 15.3 Å². The van der Waals surface area contributed by atoms with Gasteiger partial charge < -0.3 is 27.2 Å². The summed E-state index contributed by atoms with van der Waals surface area (Å²) in [6.07, 6.45) is 1.18. The van der Waals surface area contributed by atoms with Crippen LogP contribution in [-0.4, -0.2) is 27.5 Å². The number of aromatic nitrogens is 2. The normalized spacial score (nSPS) is 14.3. The van der Waals surface area contributed by atoms with Gasteiger partial charge in [0.05, 0.1) is 26.8 Å². The van der Waals surface area contributed by atoms with E-state index in [4.69, 9.17) is 23.1 Å². The Bertz CT molecular complexity index is 1080. The number of rotatable bonds is 5. The minimum atomic E-state index is -1.11. The Labute approximate surface area is 175 Å². The highest BCUT2D eigenvalue weighted by molar-refractivity contribution is 7.13. The van der Waals surface area contributed by atoms with Gasteiger partial charge in [-0.25, -0.2) is 9.97 Å². The van der Waals surface area contributed by atoms with E-state index >= 15 is 0 Å². The van der Waals surface area contributed by atoms with Crippen LogP contribution >= 0.6 is 22.9 Å². The average Bonchev–Trinajstić information content (AvgIpc) is 3.19. The van der Waals surface area contributed by atoms with Gasteiger partial charge in [-0.1, -0.05) is 11.6 Å². The lowest BCUT2D eigenvalue weighted by atomic mass is 10.0. The first-order valence-electron chi connectivity index (χ1n) is 8.90. The van der Waals surface area contributed by atoms with E-state index in [2.05, 4.69) is 20.6 Å². The van der Waals surface area contributed by atoms with Crippen molar-refractivity contribution in [2.45, 2.75) is 19.2 Å². The Kier molecular flexibility index (Phi) is 5.48. The highest BCUT2D eigenvalue weighted by atomic mass is 35.5.